The third kappa shape index (κ3) is 9.20. The van der Waals surface area contributed by atoms with Crippen LogP contribution in [0.1, 0.15) is 83.1 Å². The molecule has 0 unspecified atom stereocenters. The van der Waals surface area contributed by atoms with Crippen LogP contribution in [-0.2, 0) is 9.59 Å². The molecule has 2 aliphatic carbocycles. The van der Waals surface area contributed by atoms with Crippen molar-refractivity contribution in [3.05, 3.63) is 114 Å². The fourth-order valence-electron chi connectivity index (χ4n) is 5.64. The first kappa shape index (κ1) is 41.3. The Kier molecular flexibility index (Phi) is 12.0. The normalized spacial score (nSPS) is 16.4. The molecule has 0 radical (unpaired) electrons. The van der Waals surface area contributed by atoms with Crippen molar-refractivity contribution >= 4 is 69.3 Å². The molecule has 2 aromatic rings. The molecule has 0 heterocycles. The third-order valence-electron chi connectivity index (χ3n) is 8.61. The van der Waals surface area contributed by atoms with Crippen LogP contribution < -0.4 is 0 Å². The molecule has 0 aliphatic heterocycles. The summed E-state index contributed by atoms with van der Waals surface area (Å²) in [6.45, 7) is 24.2. The molecule has 0 fully saturated rings. The maximum Gasteiger partial charge on any atom is 0.186 e. The van der Waals surface area contributed by atoms with Gasteiger partial charge >= 0.3 is 0 Å². The lowest BCUT2D eigenvalue weighted by Gasteiger charge is -2.31. The molecule has 6 nitrogen and oxygen atoms in total. The van der Waals surface area contributed by atoms with Gasteiger partial charge in [-0.15, -0.1) is 10.2 Å². The fourth-order valence-corrected chi connectivity index (χ4v) is 6.57. The highest BCUT2D eigenvalue weighted by Crippen LogP contribution is 2.46. The van der Waals surface area contributed by atoms with Crippen molar-refractivity contribution < 1.29 is 9.59 Å². The van der Waals surface area contributed by atoms with E-state index in [1.807, 2.05) is 107 Å². The van der Waals surface area contributed by atoms with Gasteiger partial charge in [0.15, 0.2) is 11.6 Å². The van der Waals surface area contributed by atoms with Crippen LogP contribution in [0.4, 0.5) is 11.4 Å². The third-order valence-corrected chi connectivity index (χ3v) is 10.4. The minimum atomic E-state index is -0.340. The van der Waals surface area contributed by atoms with Crippen LogP contribution in [0.5, 0.6) is 0 Å². The summed E-state index contributed by atoms with van der Waals surface area (Å²) in [6.07, 6.45) is 10.6. The van der Waals surface area contributed by atoms with E-state index in [2.05, 4.69) is 20.5 Å². The second-order valence-corrected chi connectivity index (χ2v) is 18.6. The summed E-state index contributed by atoms with van der Waals surface area (Å²) in [5, 5.41) is 18.1. The molecule has 0 saturated heterocycles. The smallest absolute Gasteiger partial charge is 0.186 e. The Morgan fingerprint density at radius 3 is 0.962 bits per heavy atom. The predicted molar refractivity (Wildman–Crippen MR) is 217 cm³/mol. The molecule has 2 aliphatic rings. The van der Waals surface area contributed by atoms with Crippen molar-refractivity contribution in [2.24, 2.45) is 42.1 Å². The van der Waals surface area contributed by atoms with Crippen LogP contribution in [0, 0.1) is 21.7 Å². The molecule has 10 heteroatoms. The largest absolute Gasteiger partial charge is 0.289 e. The van der Waals surface area contributed by atoms with Crippen LogP contribution in [0.25, 0.3) is 11.1 Å². The van der Waals surface area contributed by atoms with Crippen LogP contribution in [-0.4, -0.2) is 11.6 Å². The summed E-state index contributed by atoms with van der Waals surface area (Å²) in [7, 11) is 0. The number of hydrogen-bond donors (Lipinski definition) is 0. The molecular weight excluding hydrogens is 734 g/mol. The first-order chi connectivity index (χ1) is 23.8. The molecule has 0 spiro atoms. The topological polar surface area (TPSA) is 83.6 Å². The quantitative estimate of drug-likeness (QED) is 0.283. The number of hydrogen-bond acceptors (Lipinski definition) is 6. The van der Waals surface area contributed by atoms with Crippen molar-refractivity contribution in [2.75, 3.05) is 0 Å². The van der Waals surface area contributed by atoms with Crippen LogP contribution in [0.2, 0.25) is 20.1 Å². The number of ketones is 2. The molecule has 0 saturated carbocycles. The minimum absolute atomic E-state index is 0.0455. The van der Waals surface area contributed by atoms with Gasteiger partial charge in [-0.2, -0.15) is 10.2 Å². The van der Waals surface area contributed by atoms with Gasteiger partial charge in [0.1, 0.15) is 11.4 Å². The maximum absolute atomic E-state index is 13.3. The second kappa shape index (κ2) is 15.1. The summed E-state index contributed by atoms with van der Waals surface area (Å²) in [5.41, 5.74) is 4.84. The van der Waals surface area contributed by atoms with E-state index in [-0.39, 0.29) is 53.3 Å². The summed E-state index contributed by atoms with van der Waals surface area (Å²) < 4.78 is 0. The van der Waals surface area contributed by atoms with Crippen molar-refractivity contribution in [1.29, 1.82) is 0 Å². The zero-order valence-electron chi connectivity index (χ0n) is 31.9. The maximum atomic E-state index is 13.3. The molecule has 4 rings (SSSR count). The number of benzene rings is 2. The Morgan fingerprint density at radius 1 is 0.442 bits per heavy atom. The monoisotopic (exact) mass is 778 g/mol. The standard InChI is InChI=1S/C42H46Cl4N4O2/c1-39(2,3)27-17-23(18-28(37(27)51)40(4,5)6)21-47-49-31-15-13-25(33(43)35(31)45)26-14-16-32(36(46)34(26)44)50-48-22-24-19-29(41(7,8)9)38(52)30(20-24)42(10,11)12/h13-22H,1-12H3/b49-47+,50-48+. The number of halogens is 4. The average molecular weight is 781 g/mol. The van der Waals surface area contributed by atoms with E-state index in [4.69, 9.17) is 46.4 Å². The van der Waals surface area contributed by atoms with Crippen LogP contribution >= 0.6 is 46.4 Å². The second-order valence-electron chi connectivity index (χ2n) is 17.1. The van der Waals surface area contributed by atoms with E-state index in [0.717, 1.165) is 11.1 Å². The number of carbonyl (C=O) groups excluding carboxylic acids is 2. The van der Waals surface area contributed by atoms with Crippen LogP contribution in [0.15, 0.2) is 115 Å². The van der Waals surface area contributed by atoms with Gasteiger partial charge in [-0.1, -0.05) is 142 Å². The summed E-state index contributed by atoms with van der Waals surface area (Å²) in [6, 6.07) is 6.88. The molecule has 0 bridgehead atoms. The van der Waals surface area contributed by atoms with Gasteiger partial charge < -0.3 is 0 Å². The van der Waals surface area contributed by atoms with Gasteiger partial charge in [0, 0.05) is 33.4 Å². The van der Waals surface area contributed by atoms with Gasteiger partial charge in [-0.3, -0.25) is 9.59 Å². The first-order valence-electron chi connectivity index (χ1n) is 17.0. The van der Waals surface area contributed by atoms with Crippen molar-refractivity contribution in [3.63, 3.8) is 0 Å². The minimum Gasteiger partial charge on any atom is -0.289 e. The SMILES string of the molecule is CC(C)(C)C1=CC(=C/N=N/c2ccc(-c3ccc(/N=N/C=C4C=C(C(C)(C)C)C(=O)C(C(C)(C)C)=C4)c(Cl)c3Cl)c(Cl)c2Cl)C=C(C(C)(C)C)C1=O. The molecular formula is C42H46Cl4N4O2. The Bertz CT molecular complexity index is 1860. The summed E-state index contributed by atoms with van der Waals surface area (Å²) in [5.74, 6) is 0.0910. The van der Waals surface area contributed by atoms with Gasteiger partial charge in [-0.05, 0) is 69.2 Å². The molecule has 0 N–H and O–H groups in total. The highest BCUT2D eigenvalue weighted by molar-refractivity contribution is 6.47. The Morgan fingerprint density at radius 2 is 0.712 bits per heavy atom. The molecule has 52 heavy (non-hydrogen) atoms. The van der Waals surface area contributed by atoms with Crippen LogP contribution in [0.3, 0.4) is 0 Å². The molecule has 0 aromatic heterocycles. The fraction of sp³-hybridized carbons (Fsp3) is 0.381. The van der Waals surface area contributed by atoms with Gasteiger partial charge in [0.2, 0.25) is 0 Å². The van der Waals surface area contributed by atoms with Crippen molar-refractivity contribution in [3.8, 4) is 11.1 Å². The van der Waals surface area contributed by atoms with Gasteiger partial charge in [0.25, 0.3) is 0 Å². The van der Waals surface area contributed by atoms with E-state index >= 15 is 0 Å². The van der Waals surface area contributed by atoms with Crippen molar-refractivity contribution in [2.45, 2.75) is 83.1 Å². The number of carbonyl (C=O) groups is 2. The van der Waals surface area contributed by atoms with E-state index in [1.54, 1.807) is 36.7 Å². The Hall–Kier alpha value is -3.42. The first-order valence-corrected chi connectivity index (χ1v) is 18.5. The lowest BCUT2D eigenvalue weighted by Crippen LogP contribution is -2.27. The Balaban J connectivity index is 1.63. The summed E-state index contributed by atoms with van der Waals surface area (Å²) in [4.78, 5) is 26.5. The zero-order valence-corrected chi connectivity index (χ0v) is 34.9. The lowest BCUT2D eigenvalue weighted by molar-refractivity contribution is -0.114. The molecule has 2 aromatic carbocycles. The van der Waals surface area contributed by atoms with E-state index in [9.17, 15) is 9.59 Å². The predicted octanol–water partition coefficient (Wildman–Crippen LogP) is 15.0. The number of nitrogens with zero attached hydrogens (tertiary/aromatic N) is 4. The van der Waals surface area contributed by atoms with E-state index in [0.29, 0.717) is 44.8 Å². The van der Waals surface area contributed by atoms with Crippen molar-refractivity contribution in [1.82, 2.24) is 0 Å². The number of Topliss-reactive ketones (excluding diaryl/α,β-unsaturated/α-hetero) is 2. The molecule has 274 valence electrons. The lowest BCUT2D eigenvalue weighted by atomic mass is 9.72. The highest BCUT2D eigenvalue weighted by Gasteiger charge is 2.35. The number of azo groups is 2. The average Bonchev–Trinajstić information content (AvgIpc) is 3.01. The molecule has 0 atom stereocenters. The van der Waals surface area contributed by atoms with Gasteiger partial charge in [0.05, 0.1) is 32.5 Å². The van der Waals surface area contributed by atoms with Gasteiger partial charge in [-0.25, -0.2) is 0 Å². The van der Waals surface area contributed by atoms with E-state index < -0.39 is 0 Å². The number of allylic oxidation sites excluding steroid dienone is 10. The highest BCUT2D eigenvalue weighted by atomic mass is 35.5. The summed E-state index contributed by atoms with van der Waals surface area (Å²) >= 11 is 26.9. The molecule has 0 amide bonds. The van der Waals surface area contributed by atoms with E-state index in [1.165, 1.54) is 0 Å². The number of rotatable bonds is 5. The zero-order chi connectivity index (χ0) is 39.1. The Labute approximate surface area is 328 Å².